The van der Waals surface area contributed by atoms with Crippen LogP contribution < -0.4 is 15.1 Å². The number of anilines is 2. The quantitative estimate of drug-likeness (QED) is 0.352. The molecule has 1 saturated carbocycles. The molecule has 0 radical (unpaired) electrons. The summed E-state index contributed by atoms with van der Waals surface area (Å²) in [5, 5.41) is 2.79. The predicted octanol–water partition coefficient (Wildman–Crippen LogP) is 5.68. The summed E-state index contributed by atoms with van der Waals surface area (Å²) in [5.74, 6) is 0.531. The zero-order chi connectivity index (χ0) is 25.9. The number of nitrogens with one attached hydrogen (secondary N) is 1. The van der Waals surface area contributed by atoms with E-state index in [0.29, 0.717) is 24.8 Å². The maximum Gasteiger partial charge on any atom is 0.343 e. The molecule has 0 spiro atoms. The van der Waals surface area contributed by atoms with Crippen molar-refractivity contribution in [1.29, 1.82) is 0 Å². The van der Waals surface area contributed by atoms with Crippen molar-refractivity contribution < 1.29 is 14.3 Å². The van der Waals surface area contributed by atoms with Gasteiger partial charge in [0.25, 0.3) is 0 Å². The maximum absolute atomic E-state index is 12.1. The van der Waals surface area contributed by atoms with Gasteiger partial charge in [-0.3, -0.25) is 4.79 Å². The molecule has 2 aliphatic heterocycles. The second kappa shape index (κ2) is 11.0. The van der Waals surface area contributed by atoms with E-state index < -0.39 is 5.60 Å². The van der Waals surface area contributed by atoms with E-state index in [1.54, 1.807) is 0 Å². The molecule has 4 rings (SSSR count). The molecule has 8 nitrogen and oxygen atoms in total. The molecular formula is C28H41N5O3. The lowest BCUT2D eigenvalue weighted by atomic mass is 10.0. The SMILES string of the molecule is Cc1cc2c(cc1N(C)C1CCCC1)N(CCCCCCC(=O)OC(C)(C)C)C1=NC(=O)NCC1=N2. The van der Waals surface area contributed by atoms with Gasteiger partial charge in [0.15, 0.2) is 5.84 Å². The minimum absolute atomic E-state index is 0.134. The molecule has 196 valence electrons. The Hall–Kier alpha value is -2.90. The summed E-state index contributed by atoms with van der Waals surface area (Å²) in [7, 11) is 2.20. The molecule has 1 N–H and O–H groups in total. The first-order chi connectivity index (χ1) is 17.1. The fraction of sp³-hybridized carbons (Fsp3) is 0.643. The van der Waals surface area contributed by atoms with E-state index in [2.05, 4.69) is 46.2 Å². The molecule has 8 heteroatoms. The number of benzene rings is 1. The molecule has 0 bridgehead atoms. The third kappa shape index (κ3) is 6.26. The van der Waals surface area contributed by atoms with Gasteiger partial charge < -0.3 is 19.9 Å². The Bertz CT molecular complexity index is 1050. The van der Waals surface area contributed by atoms with Gasteiger partial charge in [-0.25, -0.2) is 9.79 Å². The van der Waals surface area contributed by atoms with Crippen molar-refractivity contribution in [3.8, 4) is 0 Å². The van der Waals surface area contributed by atoms with Crippen molar-refractivity contribution >= 4 is 40.6 Å². The number of ether oxygens (including phenoxy) is 1. The van der Waals surface area contributed by atoms with Gasteiger partial charge >= 0.3 is 12.0 Å². The van der Waals surface area contributed by atoms with Crippen LogP contribution in [0, 0.1) is 6.92 Å². The third-order valence-electron chi connectivity index (χ3n) is 7.15. The number of aliphatic imine (C=N–C) groups is 2. The lowest BCUT2D eigenvalue weighted by Crippen LogP contribution is -2.48. The maximum atomic E-state index is 12.1. The largest absolute Gasteiger partial charge is 0.460 e. The minimum Gasteiger partial charge on any atom is -0.460 e. The number of unbranched alkanes of at least 4 members (excludes halogenated alkanes) is 3. The molecular weight excluding hydrogens is 454 g/mol. The highest BCUT2D eigenvalue weighted by atomic mass is 16.6. The normalized spacial score (nSPS) is 17.7. The van der Waals surface area contributed by atoms with E-state index in [4.69, 9.17) is 9.73 Å². The second-order valence-electron chi connectivity index (χ2n) is 11.2. The standard InChI is InChI=1S/C28H41N5O3/c1-19-16-21-24(17-23(19)32(5)20-12-9-10-13-20)33(26-22(30-21)18-29-27(35)31-26)15-11-7-6-8-14-25(34)36-28(2,3)4/h16-17,20H,6-15,18H2,1-5H3,(H,29,35). The number of nitrogens with zero attached hydrogens (tertiary/aromatic N) is 4. The molecule has 0 unspecified atom stereocenters. The lowest BCUT2D eigenvalue weighted by Gasteiger charge is -2.35. The van der Waals surface area contributed by atoms with E-state index in [1.807, 2.05) is 20.8 Å². The summed E-state index contributed by atoms with van der Waals surface area (Å²) in [5.41, 5.74) is 4.77. The van der Waals surface area contributed by atoms with E-state index >= 15 is 0 Å². The van der Waals surface area contributed by atoms with Crippen LogP contribution in [-0.2, 0) is 9.53 Å². The van der Waals surface area contributed by atoms with Gasteiger partial charge in [-0.2, -0.15) is 4.99 Å². The van der Waals surface area contributed by atoms with Crippen LogP contribution in [0.25, 0.3) is 0 Å². The average Bonchev–Trinajstić information content (AvgIpc) is 3.34. The Labute approximate surface area is 215 Å². The minimum atomic E-state index is -0.436. The number of hydrogen-bond acceptors (Lipinski definition) is 6. The molecule has 2 heterocycles. The number of carbonyl (C=O) groups excluding carboxylic acids is 2. The molecule has 0 saturated heterocycles. The van der Waals surface area contributed by atoms with Crippen molar-refractivity contribution in [3.05, 3.63) is 17.7 Å². The Morgan fingerprint density at radius 3 is 2.58 bits per heavy atom. The van der Waals surface area contributed by atoms with Crippen LogP contribution >= 0.6 is 0 Å². The van der Waals surface area contributed by atoms with Gasteiger partial charge in [-0.15, -0.1) is 0 Å². The topological polar surface area (TPSA) is 86.6 Å². The van der Waals surface area contributed by atoms with E-state index in [-0.39, 0.29) is 12.0 Å². The lowest BCUT2D eigenvalue weighted by molar-refractivity contribution is -0.154. The molecule has 0 aromatic heterocycles. The van der Waals surface area contributed by atoms with Gasteiger partial charge in [0.2, 0.25) is 0 Å². The fourth-order valence-corrected chi connectivity index (χ4v) is 5.36. The number of carbonyl (C=O) groups is 2. The van der Waals surface area contributed by atoms with Crippen LogP contribution in [0.2, 0.25) is 0 Å². The Morgan fingerprint density at radius 1 is 1.14 bits per heavy atom. The van der Waals surface area contributed by atoms with Crippen molar-refractivity contribution in [2.24, 2.45) is 9.98 Å². The molecule has 1 aromatic rings. The molecule has 36 heavy (non-hydrogen) atoms. The third-order valence-corrected chi connectivity index (χ3v) is 7.15. The summed E-state index contributed by atoms with van der Waals surface area (Å²) < 4.78 is 5.41. The van der Waals surface area contributed by atoms with E-state index in [9.17, 15) is 9.59 Å². The number of urea groups is 1. The van der Waals surface area contributed by atoms with Crippen molar-refractivity contribution in [1.82, 2.24) is 5.32 Å². The summed E-state index contributed by atoms with van der Waals surface area (Å²) in [6, 6.07) is 4.66. The van der Waals surface area contributed by atoms with Crippen LogP contribution in [0.15, 0.2) is 22.1 Å². The zero-order valence-corrected chi connectivity index (χ0v) is 22.5. The summed E-state index contributed by atoms with van der Waals surface area (Å²) >= 11 is 0. The van der Waals surface area contributed by atoms with Crippen LogP contribution in [0.3, 0.4) is 0 Å². The van der Waals surface area contributed by atoms with Gasteiger partial charge in [0, 0.05) is 31.7 Å². The number of esters is 1. The average molecular weight is 496 g/mol. The van der Waals surface area contributed by atoms with Gasteiger partial charge in [0.1, 0.15) is 11.3 Å². The molecule has 2 amide bonds. The Balaban J connectivity index is 1.46. The van der Waals surface area contributed by atoms with Gasteiger partial charge in [0.05, 0.1) is 17.9 Å². The highest BCUT2D eigenvalue weighted by molar-refractivity contribution is 6.51. The van der Waals surface area contributed by atoms with Crippen molar-refractivity contribution in [3.63, 3.8) is 0 Å². The van der Waals surface area contributed by atoms with Crippen molar-refractivity contribution in [2.45, 2.75) is 97.1 Å². The predicted molar refractivity (Wildman–Crippen MR) is 146 cm³/mol. The summed E-state index contributed by atoms with van der Waals surface area (Å²) in [6.45, 7) is 8.98. The summed E-state index contributed by atoms with van der Waals surface area (Å²) in [4.78, 5) is 37.9. The van der Waals surface area contributed by atoms with E-state index in [1.165, 1.54) is 36.9 Å². The first-order valence-electron chi connectivity index (χ1n) is 13.4. The first-order valence-corrected chi connectivity index (χ1v) is 13.4. The molecule has 1 aliphatic carbocycles. The number of fused-ring (bicyclic) bond motifs is 2. The molecule has 3 aliphatic rings. The molecule has 0 atom stereocenters. The van der Waals surface area contributed by atoms with Crippen LogP contribution in [-0.4, -0.2) is 55.3 Å². The first kappa shape index (κ1) is 26.2. The number of amides is 2. The monoisotopic (exact) mass is 495 g/mol. The Kier molecular flexibility index (Phi) is 8.00. The number of amidine groups is 1. The number of hydrogen-bond donors (Lipinski definition) is 1. The second-order valence-corrected chi connectivity index (χ2v) is 11.2. The molecule has 1 fully saturated rings. The van der Waals surface area contributed by atoms with Crippen LogP contribution in [0.4, 0.5) is 21.9 Å². The van der Waals surface area contributed by atoms with E-state index in [0.717, 1.165) is 49.3 Å². The number of rotatable bonds is 9. The smallest absolute Gasteiger partial charge is 0.343 e. The van der Waals surface area contributed by atoms with Crippen molar-refractivity contribution in [2.75, 3.05) is 29.9 Å². The Morgan fingerprint density at radius 2 is 1.86 bits per heavy atom. The van der Waals surface area contributed by atoms with Gasteiger partial charge in [-0.05, 0) is 71.1 Å². The number of aryl methyl sites for hydroxylation is 1. The zero-order valence-electron chi connectivity index (χ0n) is 22.5. The highest BCUT2D eigenvalue weighted by Gasteiger charge is 2.31. The van der Waals surface area contributed by atoms with Gasteiger partial charge in [-0.1, -0.05) is 25.7 Å². The molecule has 1 aromatic carbocycles. The summed E-state index contributed by atoms with van der Waals surface area (Å²) in [6.07, 6.45) is 9.18. The van der Waals surface area contributed by atoms with Crippen LogP contribution in [0.1, 0.15) is 84.1 Å². The highest BCUT2D eigenvalue weighted by Crippen LogP contribution is 2.40. The fourth-order valence-electron chi connectivity index (χ4n) is 5.36. The van der Waals surface area contributed by atoms with Crippen LogP contribution in [0.5, 0.6) is 0 Å².